The first-order valence-electron chi connectivity index (χ1n) is 5.97. The first-order valence-corrected chi connectivity index (χ1v) is 5.97. The maximum absolute atomic E-state index is 11.8. The van der Waals surface area contributed by atoms with Crippen molar-refractivity contribution < 1.29 is 14.3 Å². The molecule has 0 bridgehead atoms. The molecule has 1 aromatic rings. The van der Waals surface area contributed by atoms with E-state index >= 15 is 0 Å². The third-order valence-electron chi connectivity index (χ3n) is 2.90. The number of nitrogens with one attached hydrogen (secondary N) is 2. The lowest BCUT2D eigenvalue weighted by Crippen LogP contribution is -2.36. The minimum absolute atomic E-state index is 0.0475. The number of urea groups is 1. The summed E-state index contributed by atoms with van der Waals surface area (Å²) in [5.41, 5.74) is 2.95. The SMILES string of the molecule is Cc1cccc(C)c1NC(=O)NC[C@@H]1COCO1. The molecular weight excluding hydrogens is 232 g/mol. The molecule has 1 fully saturated rings. The molecule has 0 saturated carbocycles. The fraction of sp³-hybridized carbons (Fsp3) is 0.462. The largest absolute Gasteiger partial charge is 0.353 e. The highest BCUT2D eigenvalue weighted by atomic mass is 16.7. The summed E-state index contributed by atoms with van der Waals surface area (Å²) in [5, 5.41) is 5.63. The summed E-state index contributed by atoms with van der Waals surface area (Å²) in [6, 6.07) is 5.69. The predicted octanol–water partition coefficient (Wildman–Crippen LogP) is 1.80. The van der Waals surface area contributed by atoms with Gasteiger partial charge in [-0.2, -0.15) is 0 Å². The van der Waals surface area contributed by atoms with Crippen molar-refractivity contribution in [2.24, 2.45) is 0 Å². The highest BCUT2D eigenvalue weighted by Crippen LogP contribution is 2.19. The standard InChI is InChI=1S/C13H18N2O3/c1-9-4-3-5-10(2)12(9)15-13(16)14-6-11-7-17-8-18-11/h3-5,11H,6-8H2,1-2H3,(H2,14,15,16)/t11-/m1/s1. The normalized spacial score (nSPS) is 18.7. The summed E-state index contributed by atoms with van der Waals surface area (Å²) in [5.74, 6) is 0. The number of para-hydroxylation sites is 1. The Morgan fingerprint density at radius 1 is 1.39 bits per heavy atom. The average molecular weight is 250 g/mol. The molecule has 18 heavy (non-hydrogen) atoms. The third kappa shape index (κ3) is 3.21. The molecule has 1 aliphatic heterocycles. The number of amides is 2. The Balaban J connectivity index is 1.86. The first kappa shape index (κ1) is 12.9. The number of carbonyl (C=O) groups is 1. The molecule has 0 aromatic heterocycles. The molecule has 2 amide bonds. The van der Waals surface area contributed by atoms with E-state index in [9.17, 15) is 4.79 Å². The lowest BCUT2D eigenvalue weighted by atomic mass is 10.1. The van der Waals surface area contributed by atoms with E-state index in [0.29, 0.717) is 19.9 Å². The predicted molar refractivity (Wildman–Crippen MR) is 68.6 cm³/mol. The second-order valence-electron chi connectivity index (χ2n) is 4.38. The lowest BCUT2D eigenvalue weighted by Gasteiger charge is -2.13. The van der Waals surface area contributed by atoms with Crippen LogP contribution in [-0.4, -0.2) is 32.1 Å². The molecule has 1 aromatic carbocycles. The topological polar surface area (TPSA) is 59.6 Å². The molecule has 2 rings (SSSR count). The molecule has 0 spiro atoms. The molecule has 98 valence electrons. The number of aryl methyl sites for hydroxylation is 2. The number of rotatable bonds is 3. The molecule has 0 radical (unpaired) electrons. The molecule has 0 unspecified atom stereocenters. The van der Waals surface area contributed by atoms with Crippen molar-refractivity contribution in [2.45, 2.75) is 20.0 Å². The maximum atomic E-state index is 11.8. The van der Waals surface area contributed by atoms with Gasteiger partial charge in [0.15, 0.2) is 0 Å². The Hall–Kier alpha value is -1.59. The zero-order valence-electron chi connectivity index (χ0n) is 10.7. The van der Waals surface area contributed by atoms with E-state index in [1.165, 1.54) is 0 Å². The zero-order valence-corrected chi connectivity index (χ0v) is 10.7. The van der Waals surface area contributed by atoms with Gasteiger partial charge in [-0.15, -0.1) is 0 Å². The van der Waals surface area contributed by atoms with Gasteiger partial charge < -0.3 is 20.1 Å². The maximum Gasteiger partial charge on any atom is 0.319 e. The molecule has 5 nitrogen and oxygen atoms in total. The molecule has 1 atom stereocenters. The van der Waals surface area contributed by atoms with Crippen LogP contribution in [0.25, 0.3) is 0 Å². The van der Waals surface area contributed by atoms with Crippen molar-refractivity contribution in [2.75, 3.05) is 25.3 Å². The Morgan fingerprint density at radius 3 is 2.72 bits per heavy atom. The van der Waals surface area contributed by atoms with E-state index in [4.69, 9.17) is 9.47 Å². The summed E-state index contributed by atoms with van der Waals surface area (Å²) < 4.78 is 10.3. The van der Waals surface area contributed by atoms with Gasteiger partial charge in [0, 0.05) is 12.2 Å². The molecule has 1 saturated heterocycles. The lowest BCUT2D eigenvalue weighted by molar-refractivity contribution is 0.0476. The van der Waals surface area contributed by atoms with Crippen LogP contribution in [0, 0.1) is 13.8 Å². The van der Waals surface area contributed by atoms with Gasteiger partial charge in [-0.25, -0.2) is 4.79 Å². The van der Waals surface area contributed by atoms with Gasteiger partial charge in [-0.1, -0.05) is 18.2 Å². The number of hydrogen-bond acceptors (Lipinski definition) is 3. The van der Waals surface area contributed by atoms with Gasteiger partial charge in [0.1, 0.15) is 12.9 Å². The van der Waals surface area contributed by atoms with Crippen molar-refractivity contribution >= 4 is 11.7 Å². The second-order valence-corrected chi connectivity index (χ2v) is 4.38. The van der Waals surface area contributed by atoms with Crippen molar-refractivity contribution in [3.8, 4) is 0 Å². The smallest absolute Gasteiger partial charge is 0.319 e. The fourth-order valence-corrected chi connectivity index (χ4v) is 1.87. The van der Waals surface area contributed by atoms with Gasteiger partial charge in [0.05, 0.1) is 6.61 Å². The number of anilines is 1. The summed E-state index contributed by atoms with van der Waals surface area (Å²) in [7, 11) is 0. The Labute approximate surface area is 106 Å². The Bertz CT molecular complexity index is 408. The van der Waals surface area contributed by atoms with Crippen molar-refractivity contribution in [1.82, 2.24) is 5.32 Å². The van der Waals surface area contributed by atoms with Gasteiger partial charge in [0.25, 0.3) is 0 Å². The fourth-order valence-electron chi connectivity index (χ4n) is 1.87. The van der Waals surface area contributed by atoms with Crippen molar-refractivity contribution in [1.29, 1.82) is 0 Å². The molecule has 1 aliphatic rings. The highest BCUT2D eigenvalue weighted by molar-refractivity contribution is 5.90. The monoisotopic (exact) mass is 250 g/mol. The van der Waals surface area contributed by atoms with Gasteiger partial charge in [-0.3, -0.25) is 0 Å². The molecule has 5 heteroatoms. The molecule has 0 aliphatic carbocycles. The minimum atomic E-state index is -0.220. The van der Waals surface area contributed by atoms with E-state index in [-0.39, 0.29) is 12.1 Å². The Morgan fingerprint density at radius 2 is 2.11 bits per heavy atom. The average Bonchev–Trinajstić information content (AvgIpc) is 2.84. The van der Waals surface area contributed by atoms with Crippen LogP contribution in [-0.2, 0) is 9.47 Å². The van der Waals surface area contributed by atoms with E-state index in [1.807, 2.05) is 32.0 Å². The van der Waals surface area contributed by atoms with Crippen molar-refractivity contribution in [3.63, 3.8) is 0 Å². The van der Waals surface area contributed by atoms with Crippen LogP contribution >= 0.6 is 0 Å². The summed E-state index contributed by atoms with van der Waals surface area (Å²) in [6.45, 7) is 5.23. The zero-order chi connectivity index (χ0) is 13.0. The van der Waals surface area contributed by atoms with Crippen LogP contribution in [0.1, 0.15) is 11.1 Å². The highest BCUT2D eigenvalue weighted by Gasteiger charge is 2.17. The summed E-state index contributed by atoms with van der Waals surface area (Å²) in [6.07, 6.45) is -0.0475. The van der Waals surface area contributed by atoms with E-state index in [1.54, 1.807) is 0 Å². The minimum Gasteiger partial charge on any atom is -0.353 e. The van der Waals surface area contributed by atoms with Crippen LogP contribution in [0.3, 0.4) is 0 Å². The second kappa shape index (κ2) is 5.84. The quantitative estimate of drug-likeness (QED) is 0.860. The van der Waals surface area contributed by atoms with Gasteiger partial charge in [-0.05, 0) is 25.0 Å². The number of carbonyl (C=O) groups excluding carboxylic acids is 1. The van der Waals surface area contributed by atoms with Crippen LogP contribution in [0.4, 0.5) is 10.5 Å². The first-order chi connectivity index (χ1) is 8.66. The Kier molecular flexibility index (Phi) is 4.17. The van der Waals surface area contributed by atoms with Gasteiger partial charge >= 0.3 is 6.03 Å². The van der Waals surface area contributed by atoms with Crippen molar-refractivity contribution in [3.05, 3.63) is 29.3 Å². The number of hydrogen-bond donors (Lipinski definition) is 2. The number of benzene rings is 1. The van der Waals surface area contributed by atoms with Crippen LogP contribution in [0.2, 0.25) is 0 Å². The molecule has 1 heterocycles. The van der Waals surface area contributed by atoms with Crippen LogP contribution in [0.15, 0.2) is 18.2 Å². The van der Waals surface area contributed by atoms with Crippen LogP contribution in [0.5, 0.6) is 0 Å². The third-order valence-corrected chi connectivity index (χ3v) is 2.90. The molecule has 2 N–H and O–H groups in total. The van der Waals surface area contributed by atoms with E-state index in [2.05, 4.69) is 10.6 Å². The summed E-state index contributed by atoms with van der Waals surface area (Å²) in [4.78, 5) is 11.8. The van der Waals surface area contributed by atoms with Gasteiger partial charge in [0.2, 0.25) is 0 Å². The number of ether oxygens (including phenoxy) is 2. The molecular formula is C13H18N2O3. The van der Waals surface area contributed by atoms with E-state index in [0.717, 1.165) is 16.8 Å². The summed E-state index contributed by atoms with van der Waals surface area (Å²) >= 11 is 0. The van der Waals surface area contributed by atoms with Crippen LogP contribution < -0.4 is 10.6 Å². The van der Waals surface area contributed by atoms with E-state index < -0.39 is 0 Å².